The van der Waals surface area contributed by atoms with Crippen LogP contribution in [0, 0.1) is 0 Å². The fourth-order valence-corrected chi connectivity index (χ4v) is 7.15. The van der Waals surface area contributed by atoms with Gasteiger partial charge in [-0.05, 0) is 49.8 Å². The maximum atomic E-state index is 12.8. The highest BCUT2D eigenvalue weighted by molar-refractivity contribution is 7.99. The van der Waals surface area contributed by atoms with Crippen LogP contribution in [-0.4, -0.2) is 34.2 Å². The number of aromatic nitrogens is 2. The van der Waals surface area contributed by atoms with E-state index in [4.69, 9.17) is 4.74 Å². The minimum atomic E-state index is -0.480. The first kappa shape index (κ1) is 23.8. The Labute approximate surface area is 213 Å². The third-order valence-corrected chi connectivity index (χ3v) is 8.84. The molecule has 35 heavy (non-hydrogen) atoms. The number of aromatic amines is 1. The van der Waals surface area contributed by atoms with Crippen molar-refractivity contribution in [2.45, 2.75) is 37.8 Å². The molecule has 0 bridgehead atoms. The summed E-state index contributed by atoms with van der Waals surface area (Å²) in [6, 6.07) is 11.4. The summed E-state index contributed by atoms with van der Waals surface area (Å²) >= 11 is 4.07. The van der Waals surface area contributed by atoms with Crippen molar-refractivity contribution in [1.82, 2.24) is 9.97 Å². The number of nitrogens with one attached hydrogen (secondary N) is 2. The smallest absolute Gasteiger partial charge is 0.341 e. The molecule has 180 valence electrons. The summed E-state index contributed by atoms with van der Waals surface area (Å²) in [7, 11) is 0. The molecule has 3 heterocycles. The Morgan fingerprint density at radius 2 is 1.97 bits per heavy atom. The molecule has 1 amide bonds. The molecule has 0 saturated heterocycles. The van der Waals surface area contributed by atoms with E-state index in [0.29, 0.717) is 21.1 Å². The summed E-state index contributed by atoms with van der Waals surface area (Å²) in [6.07, 6.45) is 4.15. The fraction of sp³-hybridized carbons (Fsp3) is 0.280. The van der Waals surface area contributed by atoms with Crippen LogP contribution >= 0.6 is 34.4 Å². The minimum absolute atomic E-state index is 0.0420. The number of aryl methyl sites for hydroxylation is 2. The van der Waals surface area contributed by atoms with Crippen LogP contribution in [-0.2, 0) is 22.4 Å². The van der Waals surface area contributed by atoms with Gasteiger partial charge in [-0.1, -0.05) is 42.1 Å². The van der Waals surface area contributed by atoms with E-state index in [1.165, 1.54) is 28.0 Å². The number of amides is 1. The Bertz CT molecular complexity index is 1460. The molecule has 0 atom stereocenters. The summed E-state index contributed by atoms with van der Waals surface area (Å²) < 4.78 is 5.18. The van der Waals surface area contributed by atoms with E-state index >= 15 is 0 Å². The minimum Gasteiger partial charge on any atom is -0.462 e. The van der Waals surface area contributed by atoms with Crippen molar-refractivity contribution >= 4 is 61.5 Å². The number of carbonyl (C=O) groups excluding carboxylic acids is 2. The number of carbonyl (C=O) groups is 2. The van der Waals surface area contributed by atoms with Crippen molar-refractivity contribution in [3.63, 3.8) is 0 Å². The SMILES string of the molecule is CCOC(=O)c1cc(-c2ccccc2)sc1NC(=O)CSc1nc2sc3c(c2c(=O)[nH]1)CCCC3. The molecule has 10 heteroatoms. The summed E-state index contributed by atoms with van der Waals surface area (Å²) in [5, 5.41) is 4.40. The number of rotatable bonds is 7. The lowest BCUT2D eigenvalue weighted by molar-refractivity contribution is -0.113. The third-order valence-electron chi connectivity index (χ3n) is 5.68. The van der Waals surface area contributed by atoms with E-state index in [1.807, 2.05) is 30.3 Å². The normalized spacial score (nSPS) is 12.9. The van der Waals surface area contributed by atoms with Gasteiger partial charge in [-0.3, -0.25) is 9.59 Å². The van der Waals surface area contributed by atoms with Crippen molar-refractivity contribution in [3.8, 4) is 10.4 Å². The number of anilines is 1. The van der Waals surface area contributed by atoms with E-state index in [-0.39, 0.29) is 23.8 Å². The van der Waals surface area contributed by atoms with E-state index in [1.54, 1.807) is 24.3 Å². The van der Waals surface area contributed by atoms with Gasteiger partial charge in [0.15, 0.2) is 5.16 Å². The van der Waals surface area contributed by atoms with Crippen LogP contribution in [0.2, 0.25) is 0 Å². The molecule has 5 rings (SSSR count). The maximum absolute atomic E-state index is 12.8. The molecule has 4 aromatic rings. The number of thiophene rings is 2. The molecule has 7 nitrogen and oxygen atoms in total. The van der Waals surface area contributed by atoms with Gasteiger partial charge in [0, 0.05) is 9.75 Å². The zero-order valence-corrected chi connectivity index (χ0v) is 21.5. The predicted molar refractivity (Wildman–Crippen MR) is 142 cm³/mol. The van der Waals surface area contributed by atoms with E-state index in [2.05, 4.69) is 15.3 Å². The lowest BCUT2D eigenvalue weighted by Gasteiger charge is -2.09. The van der Waals surface area contributed by atoms with E-state index in [0.717, 1.165) is 46.5 Å². The average Bonchev–Trinajstić information content (AvgIpc) is 3.45. The summed E-state index contributed by atoms with van der Waals surface area (Å²) in [5.74, 6) is -0.734. The molecule has 0 fully saturated rings. The maximum Gasteiger partial charge on any atom is 0.341 e. The molecule has 1 aliphatic rings. The summed E-state index contributed by atoms with van der Waals surface area (Å²) in [5.41, 5.74) is 2.27. The van der Waals surface area contributed by atoms with Gasteiger partial charge in [0.05, 0.1) is 23.3 Å². The van der Waals surface area contributed by atoms with Crippen LogP contribution in [0.15, 0.2) is 46.3 Å². The predicted octanol–water partition coefficient (Wildman–Crippen LogP) is 5.50. The molecule has 0 radical (unpaired) electrons. The Morgan fingerprint density at radius 1 is 1.17 bits per heavy atom. The first-order chi connectivity index (χ1) is 17.0. The number of hydrogen-bond donors (Lipinski definition) is 2. The van der Waals surface area contributed by atoms with Crippen LogP contribution in [0.25, 0.3) is 20.7 Å². The van der Waals surface area contributed by atoms with Gasteiger partial charge >= 0.3 is 5.97 Å². The van der Waals surface area contributed by atoms with Gasteiger partial charge in [0.25, 0.3) is 5.56 Å². The van der Waals surface area contributed by atoms with Crippen LogP contribution < -0.4 is 10.9 Å². The highest BCUT2D eigenvalue weighted by Crippen LogP contribution is 2.36. The first-order valence-electron chi connectivity index (χ1n) is 11.4. The van der Waals surface area contributed by atoms with E-state index in [9.17, 15) is 14.4 Å². The highest BCUT2D eigenvalue weighted by Gasteiger charge is 2.22. The Morgan fingerprint density at radius 3 is 2.77 bits per heavy atom. The Balaban J connectivity index is 1.33. The number of nitrogens with zero attached hydrogens (tertiary/aromatic N) is 1. The molecule has 0 spiro atoms. The second-order valence-corrected chi connectivity index (χ2v) is 11.1. The van der Waals surface area contributed by atoms with Gasteiger partial charge in [0.1, 0.15) is 9.83 Å². The van der Waals surface area contributed by atoms with Crippen LogP contribution in [0.1, 0.15) is 40.6 Å². The van der Waals surface area contributed by atoms with Gasteiger partial charge in [-0.15, -0.1) is 22.7 Å². The summed E-state index contributed by atoms with van der Waals surface area (Å²) in [4.78, 5) is 48.3. The Kier molecular flexibility index (Phi) is 7.03. The molecule has 1 aromatic carbocycles. The van der Waals surface area contributed by atoms with Crippen molar-refractivity contribution in [3.05, 3.63) is 62.8 Å². The standard InChI is InChI=1S/C25H23N3O4S3/c1-2-32-24(31)16-12-18(14-8-4-3-5-9-14)35-22(16)26-19(29)13-33-25-27-21(30)20-15-10-6-7-11-17(15)34-23(20)28-25/h3-5,8-9,12H,2,6-7,10-11,13H2,1H3,(H,26,29)(H,27,28,30). The molecule has 0 aliphatic heterocycles. The third kappa shape index (κ3) is 5.05. The van der Waals surface area contributed by atoms with Crippen molar-refractivity contribution < 1.29 is 14.3 Å². The number of H-pyrrole nitrogens is 1. The van der Waals surface area contributed by atoms with Gasteiger partial charge in [-0.25, -0.2) is 9.78 Å². The molecule has 3 aromatic heterocycles. The largest absolute Gasteiger partial charge is 0.462 e. The average molecular weight is 526 g/mol. The first-order valence-corrected chi connectivity index (χ1v) is 14.0. The molecular formula is C25H23N3O4S3. The number of hydrogen-bond acceptors (Lipinski definition) is 8. The van der Waals surface area contributed by atoms with Gasteiger partial charge in [-0.2, -0.15) is 0 Å². The van der Waals surface area contributed by atoms with Crippen LogP contribution in [0.4, 0.5) is 5.00 Å². The van der Waals surface area contributed by atoms with Gasteiger partial charge in [0.2, 0.25) is 5.91 Å². The highest BCUT2D eigenvalue weighted by atomic mass is 32.2. The van der Waals surface area contributed by atoms with Crippen molar-refractivity contribution in [1.29, 1.82) is 0 Å². The van der Waals surface area contributed by atoms with Crippen LogP contribution in [0.3, 0.4) is 0 Å². The van der Waals surface area contributed by atoms with Crippen molar-refractivity contribution in [2.75, 3.05) is 17.7 Å². The summed E-state index contributed by atoms with van der Waals surface area (Å²) in [6.45, 7) is 1.98. The Hall–Kier alpha value is -2.95. The van der Waals surface area contributed by atoms with Crippen LogP contribution in [0.5, 0.6) is 0 Å². The number of thioether (sulfide) groups is 1. The number of ether oxygens (including phenoxy) is 1. The molecule has 0 saturated carbocycles. The van der Waals surface area contributed by atoms with Gasteiger partial charge < -0.3 is 15.0 Å². The number of fused-ring (bicyclic) bond motifs is 3. The molecule has 1 aliphatic carbocycles. The second-order valence-electron chi connectivity index (χ2n) is 8.04. The lowest BCUT2D eigenvalue weighted by atomic mass is 9.97. The quantitative estimate of drug-likeness (QED) is 0.188. The monoisotopic (exact) mass is 525 g/mol. The van der Waals surface area contributed by atoms with Crippen molar-refractivity contribution in [2.24, 2.45) is 0 Å². The fourth-order valence-electron chi connectivity index (χ4n) is 4.10. The lowest BCUT2D eigenvalue weighted by Crippen LogP contribution is -2.17. The molecular weight excluding hydrogens is 502 g/mol. The topological polar surface area (TPSA) is 101 Å². The van der Waals surface area contributed by atoms with E-state index < -0.39 is 5.97 Å². The molecule has 0 unspecified atom stereocenters. The zero-order chi connectivity index (χ0) is 24.4. The number of esters is 1. The zero-order valence-electron chi connectivity index (χ0n) is 19.0. The number of benzene rings is 1. The molecule has 2 N–H and O–H groups in total. The second kappa shape index (κ2) is 10.3.